The lowest BCUT2D eigenvalue weighted by atomic mass is 9.95. The van der Waals surface area contributed by atoms with Crippen LogP contribution in [-0.4, -0.2) is 38.0 Å². The van der Waals surface area contributed by atoms with Crippen molar-refractivity contribution in [3.63, 3.8) is 0 Å². The van der Waals surface area contributed by atoms with E-state index >= 15 is 0 Å². The summed E-state index contributed by atoms with van der Waals surface area (Å²) in [7, 11) is 4.15. The Hall–Kier alpha value is -2.40. The van der Waals surface area contributed by atoms with Gasteiger partial charge in [-0.1, -0.05) is 42.5 Å². The Balaban J connectivity index is 1.68. The zero-order chi connectivity index (χ0) is 20.0. The number of nitrogens with zero attached hydrogens (tertiary/aromatic N) is 2. The SMILES string of the molecule is CCNC(=NCc1ccccc1CN(C)C)NCC1(c2ccccc2F)CC1. The Labute approximate surface area is 167 Å². The molecule has 0 aliphatic heterocycles. The van der Waals surface area contributed by atoms with Crippen LogP contribution in [0.4, 0.5) is 4.39 Å². The summed E-state index contributed by atoms with van der Waals surface area (Å²) in [5.74, 6) is 0.672. The van der Waals surface area contributed by atoms with E-state index in [1.807, 2.05) is 12.1 Å². The molecule has 2 aromatic carbocycles. The molecule has 0 spiro atoms. The van der Waals surface area contributed by atoms with Gasteiger partial charge in [-0.05, 0) is 56.6 Å². The number of halogens is 1. The minimum atomic E-state index is -0.110. The van der Waals surface area contributed by atoms with Crippen molar-refractivity contribution < 1.29 is 4.39 Å². The van der Waals surface area contributed by atoms with Crippen LogP contribution in [-0.2, 0) is 18.5 Å². The molecule has 150 valence electrons. The van der Waals surface area contributed by atoms with Gasteiger partial charge >= 0.3 is 0 Å². The molecule has 2 aromatic rings. The summed E-state index contributed by atoms with van der Waals surface area (Å²) < 4.78 is 14.2. The van der Waals surface area contributed by atoms with Crippen LogP contribution in [0.3, 0.4) is 0 Å². The quantitative estimate of drug-likeness (QED) is 0.540. The monoisotopic (exact) mass is 382 g/mol. The van der Waals surface area contributed by atoms with E-state index in [9.17, 15) is 4.39 Å². The molecule has 0 atom stereocenters. The van der Waals surface area contributed by atoms with Crippen molar-refractivity contribution in [3.05, 3.63) is 71.0 Å². The van der Waals surface area contributed by atoms with Gasteiger partial charge in [-0.15, -0.1) is 0 Å². The number of rotatable bonds is 8. The van der Waals surface area contributed by atoms with E-state index in [2.05, 4.69) is 60.8 Å². The van der Waals surface area contributed by atoms with Crippen molar-refractivity contribution in [3.8, 4) is 0 Å². The lowest BCUT2D eigenvalue weighted by Gasteiger charge is -2.20. The molecule has 4 nitrogen and oxygen atoms in total. The van der Waals surface area contributed by atoms with E-state index in [1.54, 1.807) is 12.1 Å². The minimum absolute atomic E-state index is 0.107. The highest BCUT2D eigenvalue weighted by atomic mass is 19.1. The lowest BCUT2D eigenvalue weighted by molar-refractivity contribution is 0.401. The molecule has 0 bridgehead atoms. The minimum Gasteiger partial charge on any atom is -0.357 e. The van der Waals surface area contributed by atoms with Gasteiger partial charge in [0.05, 0.1) is 6.54 Å². The number of nitrogens with one attached hydrogen (secondary N) is 2. The second-order valence-corrected chi connectivity index (χ2v) is 7.82. The van der Waals surface area contributed by atoms with E-state index in [0.717, 1.165) is 37.5 Å². The smallest absolute Gasteiger partial charge is 0.191 e. The van der Waals surface area contributed by atoms with E-state index in [-0.39, 0.29) is 11.2 Å². The number of hydrogen-bond donors (Lipinski definition) is 2. The van der Waals surface area contributed by atoms with E-state index in [1.165, 1.54) is 11.1 Å². The Bertz CT molecular complexity index is 812. The summed E-state index contributed by atoms with van der Waals surface area (Å²) in [5, 5.41) is 6.76. The molecule has 1 saturated carbocycles. The van der Waals surface area contributed by atoms with Crippen LogP contribution in [0.2, 0.25) is 0 Å². The molecular weight excluding hydrogens is 351 g/mol. The summed E-state index contributed by atoms with van der Waals surface area (Å²) in [5.41, 5.74) is 3.22. The van der Waals surface area contributed by atoms with E-state index in [0.29, 0.717) is 13.1 Å². The molecule has 5 heteroatoms. The van der Waals surface area contributed by atoms with Crippen molar-refractivity contribution in [2.75, 3.05) is 27.2 Å². The fourth-order valence-corrected chi connectivity index (χ4v) is 3.55. The van der Waals surface area contributed by atoms with Crippen molar-refractivity contribution >= 4 is 5.96 Å². The second-order valence-electron chi connectivity index (χ2n) is 7.82. The summed E-state index contributed by atoms with van der Waals surface area (Å²) in [6.07, 6.45) is 2.01. The Kier molecular flexibility index (Phi) is 6.68. The van der Waals surface area contributed by atoms with Crippen LogP contribution in [0.1, 0.15) is 36.5 Å². The first-order valence-electron chi connectivity index (χ1n) is 10.0. The molecule has 0 saturated heterocycles. The van der Waals surface area contributed by atoms with Gasteiger partial charge in [0.2, 0.25) is 0 Å². The normalized spacial score (nSPS) is 15.5. The maximum Gasteiger partial charge on any atom is 0.191 e. The molecular formula is C23H31FN4. The Morgan fingerprint density at radius 3 is 2.36 bits per heavy atom. The van der Waals surface area contributed by atoms with Crippen molar-refractivity contribution in [2.24, 2.45) is 4.99 Å². The summed E-state index contributed by atoms with van der Waals surface area (Å²) in [6.45, 7) is 5.05. The van der Waals surface area contributed by atoms with Gasteiger partial charge in [-0.25, -0.2) is 9.38 Å². The molecule has 0 heterocycles. The highest BCUT2D eigenvalue weighted by molar-refractivity contribution is 5.80. The standard InChI is InChI=1S/C23H31FN4/c1-4-25-22(26-15-18-9-5-6-10-19(18)16-28(2)3)27-17-23(13-14-23)20-11-7-8-12-21(20)24/h5-12H,4,13-17H2,1-3H3,(H2,25,26,27). The van der Waals surface area contributed by atoms with Crippen LogP contribution < -0.4 is 10.6 Å². The molecule has 28 heavy (non-hydrogen) atoms. The highest BCUT2D eigenvalue weighted by Crippen LogP contribution is 2.48. The number of guanidine groups is 1. The molecule has 1 aliphatic rings. The van der Waals surface area contributed by atoms with Gasteiger partial charge in [0.15, 0.2) is 5.96 Å². The third-order valence-electron chi connectivity index (χ3n) is 5.25. The first-order valence-corrected chi connectivity index (χ1v) is 10.0. The Morgan fingerprint density at radius 1 is 1.04 bits per heavy atom. The second kappa shape index (κ2) is 9.20. The largest absolute Gasteiger partial charge is 0.357 e. The number of aliphatic imine (C=N–C) groups is 1. The number of hydrogen-bond acceptors (Lipinski definition) is 2. The van der Waals surface area contributed by atoms with Crippen LogP contribution >= 0.6 is 0 Å². The molecule has 3 rings (SSSR count). The third kappa shape index (κ3) is 5.10. The maximum absolute atomic E-state index is 14.2. The number of benzene rings is 2. The predicted molar refractivity (Wildman–Crippen MR) is 114 cm³/mol. The van der Waals surface area contributed by atoms with Gasteiger partial charge in [0, 0.05) is 25.0 Å². The topological polar surface area (TPSA) is 39.7 Å². The van der Waals surface area contributed by atoms with Crippen molar-refractivity contribution in [2.45, 2.75) is 38.3 Å². The molecule has 0 aromatic heterocycles. The maximum atomic E-state index is 14.2. The molecule has 2 N–H and O–H groups in total. The van der Waals surface area contributed by atoms with Crippen molar-refractivity contribution in [1.29, 1.82) is 0 Å². The average Bonchev–Trinajstić information content (AvgIpc) is 3.46. The third-order valence-corrected chi connectivity index (χ3v) is 5.25. The molecule has 0 unspecified atom stereocenters. The fraction of sp³-hybridized carbons (Fsp3) is 0.435. The molecule has 0 radical (unpaired) electrons. The molecule has 1 aliphatic carbocycles. The van der Waals surface area contributed by atoms with Crippen molar-refractivity contribution in [1.82, 2.24) is 15.5 Å². The Morgan fingerprint density at radius 2 is 1.71 bits per heavy atom. The zero-order valence-electron chi connectivity index (χ0n) is 17.1. The van der Waals surface area contributed by atoms with Crippen LogP contribution in [0, 0.1) is 5.82 Å². The average molecular weight is 383 g/mol. The summed E-state index contributed by atoms with van der Waals surface area (Å²) in [6, 6.07) is 15.5. The van der Waals surface area contributed by atoms with Gasteiger partial charge in [0.1, 0.15) is 5.82 Å². The van der Waals surface area contributed by atoms with E-state index < -0.39 is 0 Å². The van der Waals surface area contributed by atoms with Gasteiger partial charge in [-0.2, -0.15) is 0 Å². The van der Waals surface area contributed by atoms with Crippen LogP contribution in [0.25, 0.3) is 0 Å². The van der Waals surface area contributed by atoms with E-state index in [4.69, 9.17) is 4.99 Å². The zero-order valence-corrected chi connectivity index (χ0v) is 17.1. The summed E-state index contributed by atoms with van der Waals surface area (Å²) >= 11 is 0. The molecule has 0 amide bonds. The fourth-order valence-electron chi connectivity index (χ4n) is 3.55. The van der Waals surface area contributed by atoms with Gasteiger partial charge < -0.3 is 15.5 Å². The van der Waals surface area contributed by atoms with Gasteiger partial charge in [0.25, 0.3) is 0 Å². The first kappa shape index (κ1) is 20.3. The highest BCUT2D eigenvalue weighted by Gasteiger charge is 2.45. The lowest BCUT2D eigenvalue weighted by Crippen LogP contribution is -2.41. The molecule has 1 fully saturated rings. The van der Waals surface area contributed by atoms with Crippen LogP contribution in [0.15, 0.2) is 53.5 Å². The summed E-state index contributed by atoms with van der Waals surface area (Å²) in [4.78, 5) is 6.94. The first-order chi connectivity index (χ1) is 13.5. The van der Waals surface area contributed by atoms with Gasteiger partial charge in [-0.3, -0.25) is 0 Å². The van der Waals surface area contributed by atoms with Crippen LogP contribution in [0.5, 0.6) is 0 Å². The predicted octanol–water partition coefficient (Wildman–Crippen LogP) is 3.67.